The predicted molar refractivity (Wildman–Crippen MR) is 106 cm³/mol. The molecule has 144 valence electrons. The van der Waals surface area contributed by atoms with Crippen molar-refractivity contribution in [1.29, 1.82) is 0 Å². The first-order chi connectivity index (χ1) is 14.0. The van der Waals surface area contributed by atoms with Gasteiger partial charge in [0.25, 0.3) is 5.91 Å². The van der Waals surface area contributed by atoms with Crippen LogP contribution in [0.1, 0.15) is 40.2 Å². The highest BCUT2D eigenvalue weighted by molar-refractivity contribution is 6.35. The van der Waals surface area contributed by atoms with Gasteiger partial charge < -0.3 is 10.3 Å². The molecular weight excluding hydrogens is 374 g/mol. The van der Waals surface area contributed by atoms with Gasteiger partial charge in [-0.1, -0.05) is 12.1 Å². The standard InChI is InChI=1S/C23H16F2N2O2/c24-13-6-4-12(5-7-13)21-19(26-18-2-1-3-20(28)22(18)21)11-16-15-10-14(25)8-9-17(15)27-23(16)29/h4-11,26H,1-3H2,(H,27,29)/b16-11-. The van der Waals surface area contributed by atoms with Crippen molar-refractivity contribution in [3.05, 3.63) is 76.6 Å². The van der Waals surface area contributed by atoms with Crippen LogP contribution in [0.25, 0.3) is 22.8 Å². The number of benzene rings is 2. The number of H-pyrrole nitrogens is 1. The van der Waals surface area contributed by atoms with Gasteiger partial charge in [-0.2, -0.15) is 0 Å². The largest absolute Gasteiger partial charge is 0.358 e. The number of carbonyl (C=O) groups excluding carboxylic acids is 2. The fourth-order valence-corrected chi connectivity index (χ4v) is 4.09. The summed E-state index contributed by atoms with van der Waals surface area (Å²) in [6, 6.07) is 10.0. The Hall–Kier alpha value is -3.54. The Balaban J connectivity index is 1.73. The number of anilines is 1. The maximum atomic E-state index is 13.8. The minimum atomic E-state index is -0.439. The third kappa shape index (κ3) is 2.88. The molecule has 2 aliphatic rings. The highest BCUT2D eigenvalue weighted by Crippen LogP contribution is 2.39. The first kappa shape index (κ1) is 17.6. The van der Waals surface area contributed by atoms with Crippen LogP contribution in [-0.2, 0) is 11.2 Å². The van der Waals surface area contributed by atoms with E-state index in [1.54, 1.807) is 18.2 Å². The molecule has 3 aromatic rings. The van der Waals surface area contributed by atoms with Crippen molar-refractivity contribution in [3.63, 3.8) is 0 Å². The number of ketones is 1. The fourth-order valence-electron chi connectivity index (χ4n) is 4.09. The molecular formula is C23H16F2N2O2. The van der Waals surface area contributed by atoms with E-state index in [0.717, 1.165) is 18.5 Å². The molecule has 2 N–H and O–H groups in total. The van der Waals surface area contributed by atoms with Crippen LogP contribution in [0.15, 0.2) is 42.5 Å². The van der Waals surface area contributed by atoms with E-state index in [-0.39, 0.29) is 17.5 Å². The number of hydrogen-bond acceptors (Lipinski definition) is 2. The number of nitrogens with one attached hydrogen (secondary N) is 2. The second-order valence-electron chi connectivity index (χ2n) is 7.25. The molecule has 6 heteroatoms. The Morgan fingerprint density at radius 3 is 2.45 bits per heavy atom. The first-order valence-corrected chi connectivity index (χ1v) is 9.38. The smallest absolute Gasteiger partial charge is 0.256 e. The summed E-state index contributed by atoms with van der Waals surface area (Å²) in [4.78, 5) is 28.4. The minimum absolute atomic E-state index is 0.0220. The summed E-state index contributed by atoms with van der Waals surface area (Å²) < 4.78 is 27.2. The maximum Gasteiger partial charge on any atom is 0.256 e. The number of rotatable bonds is 2. The predicted octanol–water partition coefficient (Wildman–Crippen LogP) is 4.97. The number of aromatic amines is 1. The van der Waals surface area contributed by atoms with Crippen LogP contribution in [0.4, 0.5) is 14.5 Å². The normalized spacial score (nSPS) is 16.7. The van der Waals surface area contributed by atoms with Crippen molar-refractivity contribution in [2.45, 2.75) is 19.3 Å². The summed E-state index contributed by atoms with van der Waals surface area (Å²) in [5.41, 5.74) is 4.64. The number of halogens is 2. The zero-order chi connectivity index (χ0) is 20.1. The van der Waals surface area contributed by atoms with E-state index in [9.17, 15) is 18.4 Å². The summed E-state index contributed by atoms with van der Waals surface area (Å²) in [6.45, 7) is 0. The molecule has 0 bridgehead atoms. The summed E-state index contributed by atoms with van der Waals surface area (Å²) >= 11 is 0. The number of fused-ring (bicyclic) bond motifs is 2. The van der Waals surface area contributed by atoms with Crippen LogP contribution in [0.5, 0.6) is 0 Å². The van der Waals surface area contributed by atoms with Crippen LogP contribution in [0.2, 0.25) is 0 Å². The number of amides is 1. The second-order valence-corrected chi connectivity index (χ2v) is 7.25. The molecule has 0 radical (unpaired) electrons. The quantitative estimate of drug-likeness (QED) is 0.607. The maximum absolute atomic E-state index is 13.8. The highest BCUT2D eigenvalue weighted by atomic mass is 19.1. The van der Waals surface area contributed by atoms with Crippen LogP contribution >= 0.6 is 0 Å². The molecule has 0 fully saturated rings. The SMILES string of the molecule is O=C1Nc2ccc(F)cc2/C1=C/c1[nH]c2c(c1-c1ccc(F)cc1)C(=O)CCC2. The average Bonchev–Trinajstić information content (AvgIpc) is 3.21. The molecule has 1 amide bonds. The monoisotopic (exact) mass is 390 g/mol. The molecule has 2 heterocycles. The van der Waals surface area contributed by atoms with E-state index in [1.165, 1.54) is 30.3 Å². The minimum Gasteiger partial charge on any atom is -0.358 e. The average molecular weight is 390 g/mol. The van der Waals surface area contributed by atoms with Crippen LogP contribution in [0.3, 0.4) is 0 Å². The Labute approximate surface area is 165 Å². The van der Waals surface area contributed by atoms with Crippen LogP contribution < -0.4 is 5.32 Å². The van der Waals surface area contributed by atoms with Gasteiger partial charge in [0.2, 0.25) is 0 Å². The third-order valence-corrected chi connectivity index (χ3v) is 5.40. The van der Waals surface area contributed by atoms with Crippen molar-refractivity contribution in [2.75, 3.05) is 5.32 Å². The highest BCUT2D eigenvalue weighted by Gasteiger charge is 2.29. The van der Waals surface area contributed by atoms with Crippen molar-refractivity contribution < 1.29 is 18.4 Å². The van der Waals surface area contributed by atoms with Gasteiger partial charge in [-0.25, -0.2) is 8.78 Å². The second kappa shape index (κ2) is 6.51. The van der Waals surface area contributed by atoms with Gasteiger partial charge in [0.15, 0.2) is 5.78 Å². The van der Waals surface area contributed by atoms with Gasteiger partial charge in [0.05, 0.1) is 5.57 Å². The molecule has 2 aromatic carbocycles. The topological polar surface area (TPSA) is 62.0 Å². The van der Waals surface area contributed by atoms with E-state index in [2.05, 4.69) is 10.3 Å². The molecule has 0 spiro atoms. The molecule has 0 saturated heterocycles. The number of aryl methyl sites for hydroxylation is 1. The molecule has 1 aliphatic carbocycles. The molecule has 0 saturated carbocycles. The molecule has 1 aromatic heterocycles. The van der Waals surface area contributed by atoms with Gasteiger partial charge in [0, 0.05) is 40.2 Å². The molecule has 4 nitrogen and oxygen atoms in total. The number of hydrogen-bond donors (Lipinski definition) is 2. The van der Waals surface area contributed by atoms with Gasteiger partial charge >= 0.3 is 0 Å². The number of Topliss-reactive ketones (excluding diaryl/α,β-unsaturated/α-hetero) is 1. The summed E-state index contributed by atoms with van der Waals surface area (Å²) in [6.07, 6.45) is 3.56. The number of carbonyl (C=O) groups is 2. The lowest BCUT2D eigenvalue weighted by Gasteiger charge is -2.12. The van der Waals surface area contributed by atoms with E-state index >= 15 is 0 Å². The Morgan fingerprint density at radius 1 is 0.897 bits per heavy atom. The van der Waals surface area contributed by atoms with E-state index in [4.69, 9.17) is 0 Å². The first-order valence-electron chi connectivity index (χ1n) is 9.38. The Kier molecular flexibility index (Phi) is 3.94. The molecule has 0 unspecified atom stereocenters. The lowest BCUT2D eigenvalue weighted by molar-refractivity contribution is -0.110. The van der Waals surface area contributed by atoms with E-state index in [0.29, 0.717) is 45.6 Å². The summed E-state index contributed by atoms with van der Waals surface area (Å²) in [5.74, 6) is -1.13. The molecule has 5 rings (SSSR count). The third-order valence-electron chi connectivity index (χ3n) is 5.40. The van der Waals surface area contributed by atoms with Gasteiger partial charge in [-0.05, 0) is 54.8 Å². The lowest BCUT2D eigenvalue weighted by Crippen LogP contribution is -2.09. The van der Waals surface area contributed by atoms with Crippen molar-refractivity contribution in [3.8, 4) is 11.1 Å². The van der Waals surface area contributed by atoms with Gasteiger partial charge in [-0.15, -0.1) is 0 Å². The Morgan fingerprint density at radius 2 is 1.66 bits per heavy atom. The van der Waals surface area contributed by atoms with Crippen molar-refractivity contribution in [1.82, 2.24) is 4.98 Å². The van der Waals surface area contributed by atoms with Crippen molar-refractivity contribution >= 4 is 29.0 Å². The lowest BCUT2D eigenvalue weighted by atomic mass is 9.90. The van der Waals surface area contributed by atoms with Crippen LogP contribution in [-0.4, -0.2) is 16.7 Å². The fraction of sp³-hybridized carbons (Fsp3) is 0.130. The van der Waals surface area contributed by atoms with E-state index < -0.39 is 5.82 Å². The van der Waals surface area contributed by atoms with Gasteiger partial charge in [-0.3, -0.25) is 9.59 Å². The summed E-state index contributed by atoms with van der Waals surface area (Å²) in [5, 5.41) is 2.73. The zero-order valence-corrected chi connectivity index (χ0v) is 15.3. The van der Waals surface area contributed by atoms with Crippen LogP contribution in [0, 0.1) is 11.6 Å². The number of aromatic nitrogens is 1. The molecule has 0 atom stereocenters. The molecule has 29 heavy (non-hydrogen) atoms. The van der Waals surface area contributed by atoms with Crippen molar-refractivity contribution in [2.24, 2.45) is 0 Å². The molecule has 1 aliphatic heterocycles. The summed E-state index contributed by atoms with van der Waals surface area (Å²) in [7, 11) is 0. The Bertz CT molecular complexity index is 1210. The zero-order valence-electron chi connectivity index (χ0n) is 15.3. The van der Waals surface area contributed by atoms with Gasteiger partial charge in [0.1, 0.15) is 11.6 Å². The van der Waals surface area contributed by atoms with E-state index in [1.807, 2.05) is 0 Å².